The molecule has 0 saturated carbocycles. The second-order valence-corrected chi connectivity index (χ2v) is 4.11. The largest absolute Gasteiger partial charge is 0.433 e. The van der Waals surface area contributed by atoms with Crippen LogP contribution in [0, 0.1) is 6.92 Å². The fourth-order valence-electron chi connectivity index (χ4n) is 1.44. The van der Waals surface area contributed by atoms with Crippen LogP contribution >= 0.6 is 0 Å². The van der Waals surface area contributed by atoms with Crippen LogP contribution in [0.1, 0.15) is 17.1 Å². The number of aromatic nitrogens is 4. The number of alkyl halides is 3. The molecule has 0 fully saturated rings. The van der Waals surface area contributed by atoms with Gasteiger partial charge in [-0.2, -0.15) is 18.2 Å². The summed E-state index contributed by atoms with van der Waals surface area (Å²) in [6.07, 6.45) is -1.50. The maximum Gasteiger partial charge on any atom is 0.433 e. The summed E-state index contributed by atoms with van der Waals surface area (Å²) in [6.45, 7) is 1.95. The highest BCUT2D eigenvalue weighted by Crippen LogP contribution is 2.29. The first kappa shape index (κ1) is 14.9. The molecule has 0 aliphatic rings. The van der Waals surface area contributed by atoms with Gasteiger partial charge >= 0.3 is 6.18 Å². The number of halogens is 3. The van der Waals surface area contributed by atoms with Gasteiger partial charge in [0, 0.05) is 12.3 Å². The fourth-order valence-corrected chi connectivity index (χ4v) is 1.44. The van der Waals surface area contributed by atoms with Gasteiger partial charge in [-0.15, -0.1) is 0 Å². The van der Waals surface area contributed by atoms with Crippen molar-refractivity contribution < 1.29 is 13.2 Å². The minimum atomic E-state index is -4.59. The van der Waals surface area contributed by atoms with Crippen LogP contribution < -0.4 is 16.6 Å². The lowest BCUT2D eigenvalue weighted by molar-refractivity contribution is -0.141. The first-order valence-corrected chi connectivity index (χ1v) is 5.83. The summed E-state index contributed by atoms with van der Waals surface area (Å²) in [7, 11) is 0. The summed E-state index contributed by atoms with van der Waals surface area (Å²) < 4.78 is 38.0. The molecule has 2 aromatic heterocycles. The van der Waals surface area contributed by atoms with Crippen LogP contribution in [-0.4, -0.2) is 19.9 Å². The van der Waals surface area contributed by atoms with E-state index in [2.05, 4.69) is 25.3 Å². The van der Waals surface area contributed by atoms with E-state index in [1.54, 1.807) is 13.1 Å². The number of hydrazine groups is 1. The van der Waals surface area contributed by atoms with Crippen LogP contribution in [0.25, 0.3) is 0 Å². The van der Waals surface area contributed by atoms with Crippen LogP contribution in [0.3, 0.4) is 0 Å². The lowest BCUT2D eigenvalue weighted by Crippen LogP contribution is -2.17. The van der Waals surface area contributed by atoms with Crippen molar-refractivity contribution in [1.29, 1.82) is 0 Å². The first-order valence-electron chi connectivity index (χ1n) is 5.83. The minimum Gasteiger partial charge on any atom is -0.364 e. The Morgan fingerprint density at radius 2 is 1.95 bits per heavy atom. The van der Waals surface area contributed by atoms with Crippen molar-refractivity contribution >= 4 is 11.8 Å². The third-order valence-corrected chi connectivity index (χ3v) is 2.43. The highest BCUT2D eigenvalue weighted by molar-refractivity contribution is 5.42. The molecular formula is C11H12F3N7. The molecule has 0 saturated heterocycles. The van der Waals surface area contributed by atoms with Crippen molar-refractivity contribution in [2.24, 2.45) is 5.84 Å². The minimum absolute atomic E-state index is 0.0207. The Balaban J connectivity index is 2.17. The Kier molecular flexibility index (Phi) is 4.17. The van der Waals surface area contributed by atoms with Gasteiger partial charge in [0.25, 0.3) is 0 Å². The molecule has 0 aliphatic carbocycles. The molecule has 112 valence electrons. The van der Waals surface area contributed by atoms with E-state index in [4.69, 9.17) is 5.84 Å². The first-order chi connectivity index (χ1) is 9.88. The molecule has 2 heterocycles. The molecule has 0 aromatic carbocycles. The quantitative estimate of drug-likeness (QED) is 0.580. The highest BCUT2D eigenvalue weighted by Gasteiger charge is 2.33. The average molecular weight is 299 g/mol. The molecule has 2 rings (SSSR count). The highest BCUT2D eigenvalue weighted by atomic mass is 19.4. The van der Waals surface area contributed by atoms with Gasteiger partial charge in [0.2, 0.25) is 5.95 Å². The van der Waals surface area contributed by atoms with Gasteiger partial charge < -0.3 is 5.32 Å². The summed E-state index contributed by atoms with van der Waals surface area (Å²) in [5, 5.41) is 2.72. The Morgan fingerprint density at radius 1 is 1.19 bits per heavy atom. The number of nitrogens with two attached hydrogens (primary N) is 1. The molecule has 7 nitrogen and oxygen atoms in total. The number of nitrogens with zero attached hydrogens (tertiary/aromatic N) is 4. The topological polar surface area (TPSA) is 102 Å². The van der Waals surface area contributed by atoms with E-state index in [0.717, 1.165) is 11.8 Å². The summed E-state index contributed by atoms with van der Waals surface area (Å²) in [5.41, 5.74) is 2.21. The van der Waals surface area contributed by atoms with E-state index in [1.807, 2.05) is 5.43 Å². The van der Waals surface area contributed by atoms with Crippen molar-refractivity contribution in [3.63, 3.8) is 0 Å². The predicted molar refractivity (Wildman–Crippen MR) is 68.9 cm³/mol. The zero-order valence-electron chi connectivity index (χ0n) is 10.9. The standard InChI is InChI=1S/C11H12F3N7/c1-6-3-17-7(4-16-6)5-18-9-2-8(11(12,13)14)19-10(20-9)21-15/h2-4H,5,15H2,1H3,(H2,18,19,20,21). The molecule has 10 heteroatoms. The van der Waals surface area contributed by atoms with E-state index < -0.39 is 11.9 Å². The summed E-state index contributed by atoms with van der Waals surface area (Å²) in [6, 6.07) is 0.794. The molecule has 0 bridgehead atoms. The maximum absolute atomic E-state index is 12.7. The molecular weight excluding hydrogens is 287 g/mol. The van der Waals surface area contributed by atoms with Crippen molar-refractivity contribution in [3.05, 3.63) is 35.5 Å². The fraction of sp³-hybridized carbons (Fsp3) is 0.273. The number of nitrogen functional groups attached to an aromatic ring is 1. The number of rotatable bonds is 4. The molecule has 21 heavy (non-hydrogen) atoms. The van der Waals surface area contributed by atoms with Gasteiger partial charge in [0.1, 0.15) is 5.82 Å². The van der Waals surface area contributed by atoms with E-state index in [-0.39, 0.29) is 18.3 Å². The number of aryl methyl sites for hydroxylation is 1. The number of hydrogen-bond acceptors (Lipinski definition) is 7. The molecule has 0 unspecified atom stereocenters. The molecule has 2 aromatic rings. The van der Waals surface area contributed by atoms with Crippen LogP contribution in [-0.2, 0) is 12.7 Å². The van der Waals surface area contributed by atoms with Crippen molar-refractivity contribution in [2.45, 2.75) is 19.6 Å². The van der Waals surface area contributed by atoms with Gasteiger partial charge in [0.05, 0.1) is 24.1 Å². The molecule has 0 radical (unpaired) electrons. The van der Waals surface area contributed by atoms with Gasteiger partial charge in [-0.25, -0.2) is 10.8 Å². The Morgan fingerprint density at radius 3 is 2.52 bits per heavy atom. The summed E-state index contributed by atoms with van der Waals surface area (Å²) in [4.78, 5) is 15.2. The molecule has 0 atom stereocenters. The second kappa shape index (κ2) is 5.87. The van der Waals surface area contributed by atoms with Crippen LogP contribution in [0.2, 0.25) is 0 Å². The van der Waals surface area contributed by atoms with Crippen molar-refractivity contribution in [1.82, 2.24) is 19.9 Å². The van der Waals surface area contributed by atoms with Crippen molar-refractivity contribution in [3.8, 4) is 0 Å². The molecule has 0 aliphatic heterocycles. The average Bonchev–Trinajstić information content (AvgIpc) is 2.45. The van der Waals surface area contributed by atoms with Crippen molar-refractivity contribution in [2.75, 3.05) is 10.7 Å². The zero-order valence-corrected chi connectivity index (χ0v) is 10.9. The second-order valence-electron chi connectivity index (χ2n) is 4.11. The SMILES string of the molecule is Cc1cnc(CNc2cc(C(F)(F)F)nc(NN)n2)cn1. The van der Waals surface area contributed by atoms with Gasteiger partial charge in [-0.3, -0.25) is 15.4 Å². The van der Waals surface area contributed by atoms with Gasteiger partial charge in [-0.1, -0.05) is 0 Å². The van der Waals surface area contributed by atoms with Crippen LogP contribution in [0.15, 0.2) is 18.5 Å². The maximum atomic E-state index is 12.7. The van der Waals surface area contributed by atoms with Crippen LogP contribution in [0.5, 0.6) is 0 Å². The molecule has 4 N–H and O–H groups in total. The Hall–Kier alpha value is -2.49. The number of nitrogens with one attached hydrogen (secondary N) is 2. The monoisotopic (exact) mass is 299 g/mol. The van der Waals surface area contributed by atoms with E-state index in [1.165, 1.54) is 6.20 Å². The van der Waals surface area contributed by atoms with Gasteiger partial charge in [-0.05, 0) is 6.92 Å². The van der Waals surface area contributed by atoms with E-state index in [0.29, 0.717) is 5.69 Å². The molecule has 0 amide bonds. The number of anilines is 2. The normalized spacial score (nSPS) is 11.3. The lowest BCUT2D eigenvalue weighted by Gasteiger charge is -2.11. The van der Waals surface area contributed by atoms with E-state index in [9.17, 15) is 13.2 Å². The number of hydrogen-bond donors (Lipinski definition) is 3. The lowest BCUT2D eigenvalue weighted by atomic mass is 10.3. The Bertz CT molecular complexity index is 612. The third kappa shape index (κ3) is 3.99. The van der Waals surface area contributed by atoms with Gasteiger partial charge in [0.15, 0.2) is 5.69 Å². The Labute approximate surface area is 117 Å². The zero-order chi connectivity index (χ0) is 15.5. The third-order valence-electron chi connectivity index (χ3n) is 2.43. The molecule has 0 spiro atoms. The predicted octanol–water partition coefficient (Wildman–Crippen LogP) is 1.49. The smallest absolute Gasteiger partial charge is 0.364 e. The summed E-state index contributed by atoms with van der Waals surface area (Å²) >= 11 is 0. The van der Waals surface area contributed by atoms with E-state index >= 15 is 0 Å². The van der Waals surface area contributed by atoms with Crippen LogP contribution in [0.4, 0.5) is 24.9 Å². The summed E-state index contributed by atoms with van der Waals surface area (Å²) in [5.74, 6) is 4.71.